The number of nitrogens with zero attached hydrogens (tertiary/aromatic N) is 3. The SMILES string of the molecule is CCN1CCCC1CN(C)C(=NC)NCCCOCC1CCOC1.I. The van der Waals surface area contributed by atoms with Crippen molar-refractivity contribution in [1.82, 2.24) is 15.1 Å². The van der Waals surface area contributed by atoms with Crippen molar-refractivity contribution in [3.05, 3.63) is 0 Å². The molecule has 2 aliphatic rings. The van der Waals surface area contributed by atoms with E-state index in [-0.39, 0.29) is 24.0 Å². The fraction of sp³-hybridized carbons (Fsp3) is 0.944. The second-order valence-corrected chi connectivity index (χ2v) is 6.94. The zero-order chi connectivity index (χ0) is 17.2. The number of hydrogen-bond donors (Lipinski definition) is 1. The molecule has 0 saturated carbocycles. The van der Waals surface area contributed by atoms with Crippen LogP contribution >= 0.6 is 24.0 Å². The summed E-state index contributed by atoms with van der Waals surface area (Å²) in [7, 11) is 4.00. The average molecular weight is 468 g/mol. The molecule has 25 heavy (non-hydrogen) atoms. The van der Waals surface area contributed by atoms with Gasteiger partial charge in [0.2, 0.25) is 0 Å². The molecule has 0 radical (unpaired) electrons. The van der Waals surface area contributed by atoms with Gasteiger partial charge in [0.05, 0.1) is 13.2 Å². The van der Waals surface area contributed by atoms with Gasteiger partial charge >= 0.3 is 0 Å². The summed E-state index contributed by atoms with van der Waals surface area (Å²) in [5.74, 6) is 1.59. The molecule has 1 N–H and O–H groups in total. The van der Waals surface area contributed by atoms with Crippen LogP contribution in [0, 0.1) is 5.92 Å². The van der Waals surface area contributed by atoms with E-state index in [1.54, 1.807) is 0 Å². The number of aliphatic imine (C=N–C) groups is 1. The van der Waals surface area contributed by atoms with Gasteiger partial charge in [0.1, 0.15) is 0 Å². The first-order valence-electron chi connectivity index (χ1n) is 9.56. The van der Waals surface area contributed by atoms with Crippen molar-refractivity contribution >= 4 is 29.9 Å². The molecule has 6 nitrogen and oxygen atoms in total. The smallest absolute Gasteiger partial charge is 0.193 e. The summed E-state index contributed by atoms with van der Waals surface area (Å²) in [5.41, 5.74) is 0. The number of hydrogen-bond acceptors (Lipinski definition) is 4. The predicted molar refractivity (Wildman–Crippen MR) is 114 cm³/mol. The third-order valence-electron chi connectivity index (χ3n) is 5.09. The number of rotatable bonds is 9. The fourth-order valence-electron chi connectivity index (χ4n) is 3.64. The molecule has 7 heteroatoms. The summed E-state index contributed by atoms with van der Waals surface area (Å²) in [6, 6.07) is 0.663. The third-order valence-corrected chi connectivity index (χ3v) is 5.09. The Labute approximate surface area is 170 Å². The Kier molecular flexibility index (Phi) is 12.0. The maximum absolute atomic E-state index is 5.75. The van der Waals surface area contributed by atoms with Gasteiger partial charge in [-0.15, -0.1) is 24.0 Å². The highest BCUT2D eigenvalue weighted by atomic mass is 127. The van der Waals surface area contributed by atoms with Gasteiger partial charge in [-0.1, -0.05) is 6.92 Å². The van der Waals surface area contributed by atoms with Gasteiger partial charge in [0.25, 0.3) is 0 Å². The Morgan fingerprint density at radius 3 is 2.92 bits per heavy atom. The first-order valence-corrected chi connectivity index (χ1v) is 9.56. The normalized spacial score (nSPS) is 24.4. The molecule has 0 spiro atoms. The van der Waals surface area contributed by atoms with Gasteiger partial charge in [-0.05, 0) is 38.8 Å². The molecule has 2 rings (SSSR count). The van der Waals surface area contributed by atoms with Crippen LogP contribution in [0.15, 0.2) is 4.99 Å². The van der Waals surface area contributed by atoms with Gasteiger partial charge < -0.3 is 19.7 Å². The van der Waals surface area contributed by atoms with Gasteiger partial charge in [-0.25, -0.2) is 0 Å². The lowest BCUT2D eigenvalue weighted by Gasteiger charge is -2.29. The van der Waals surface area contributed by atoms with Crippen LogP contribution < -0.4 is 5.32 Å². The molecule has 0 aromatic rings. The number of likely N-dealkylation sites (tertiary alicyclic amines) is 1. The molecule has 2 aliphatic heterocycles. The van der Waals surface area contributed by atoms with E-state index in [1.807, 2.05) is 7.05 Å². The Hall–Kier alpha value is -0.120. The van der Waals surface area contributed by atoms with Crippen LogP contribution in [0.1, 0.15) is 32.6 Å². The molecule has 2 atom stereocenters. The van der Waals surface area contributed by atoms with E-state index in [4.69, 9.17) is 9.47 Å². The minimum atomic E-state index is 0. The summed E-state index contributed by atoms with van der Waals surface area (Å²) in [6.07, 6.45) is 4.77. The molecule has 0 aromatic heterocycles. The molecule has 0 bridgehead atoms. The highest BCUT2D eigenvalue weighted by molar-refractivity contribution is 14.0. The van der Waals surface area contributed by atoms with Crippen LogP contribution in [-0.4, -0.2) is 88.5 Å². The van der Waals surface area contributed by atoms with Crippen LogP contribution in [0.3, 0.4) is 0 Å². The molecule has 0 aliphatic carbocycles. The van der Waals surface area contributed by atoms with Crippen molar-refractivity contribution in [1.29, 1.82) is 0 Å². The van der Waals surface area contributed by atoms with Crippen molar-refractivity contribution in [2.24, 2.45) is 10.9 Å². The van der Waals surface area contributed by atoms with Gasteiger partial charge in [0, 0.05) is 52.4 Å². The summed E-state index contributed by atoms with van der Waals surface area (Å²) in [5, 5.41) is 3.46. The quantitative estimate of drug-likeness (QED) is 0.243. The summed E-state index contributed by atoms with van der Waals surface area (Å²) in [6.45, 7) is 9.99. The number of guanidine groups is 1. The molecular formula is C18H37IN4O2. The monoisotopic (exact) mass is 468 g/mol. The minimum Gasteiger partial charge on any atom is -0.381 e. The first kappa shape index (κ1) is 22.9. The van der Waals surface area contributed by atoms with Crippen LogP contribution in [0.4, 0.5) is 0 Å². The fourth-order valence-corrected chi connectivity index (χ4v) is 3.64. The number of likely N-dealkylation sites (N-methyl/N-ethyl adjacent to an activating group) is 2. The highest BCUT2D eigenvalue weighted by Crippen LogP contribution is 2.17. The van der Waals surface area contributed by atoms with Gasteiger partial charge in [-0.3, -0.25) is 9.89 Å². The molecule has 148 valence electrons. The van der Waals surface area contributed by atoms with E-state index in [1.165, 1.54) is 19.4 Å². The van der Waals surface area contributed by atoms with Crippen LogP contribution in [0.25, 0.3) is 0 Å². The van der Waals surface area contributed by atoms with E-state index in [0.29, 0.717) is 12.0 Å². The lowest BCUT2D eigenvalue weighted by atomic mass is 10.1. The lowest BCUT2D eigenvalue weighted by Crippen LogP contribution is -2.46. The first-order chi connectivity index (χ1) is 11.7. The van der Waals surface area contributed by atoms with Crippen molar-refractivity contribution < 1.29 is 9.47 Å². The second-order valence-electron chi connectivity index (χ2n) is 6.94. The van der Waals surface area contributed by atoms with Gasteiger partial charge in [-0.2, -0.15) is 0 Å². The van der Waals surface area contributed by atoms with E-state index in [2.05, 4.69) is 34.1 Å². The Morgan fingerprint density at radius 1 is 1.40 bits per heavy atom. The highest BCUT2D eigenvalue weighted by Gasteiger charge is 2.24. The number of ether oxygens (including phenoxy) is 2. The maximum atomic E-state index is 5.75. The van der Waals surface area contributed by atoms with Crippen molar-refractivity contribution in [3.8, 4) is 0 Å². The largest absolute Gasteiger partial charge is 0.381 e. The minimum absolute atomic E-state index is 0. The molecule has 0 aromatic carbocycles. The molecule has 2 heterocycles. The summed E-state index contributed by atoms with van der Waals surface area (Å²) < 4.78 is 11.1. The second kappa shape index (κ2) is 13.1. The molecule has 2 saturated heterocycles. The Morgan fingerprint density at radius 2 is 2.24 bits per heavy atom. The predicted octanol–water partition coefficient (Wildman–Crippen LogP) is 2.04. The molecule has 2 fully saturated rings. The van der Waals surface area contributed by atoms with Crippen molar-refractivity contribution in [3.63, 3.8) is 0 Å². The lowest BCUT2D eigenvalue weighted by molar-refractivity contribution is 0.0887. The zero-order valence-electron chi connectivity index (χ0n) is 16.2. The van der Waals surface area contributed by atoms with E-state index >= 15 is 0 Å². The van der Waals surface area contributed by atoms with Crippen molar-refractivity contribution in [2.75, 3.05) is 66.7 Å². The van der Waals surface area contributed by atoms with E-state index < -0.39 is 0 Å². The van der Waals surface area contributed by atoms with E-state index in [0.717, 1.165) is 64.9 Å². The van der Waals surface area contributed by atoms with Crippen molar-refractivity contribution in [2.45, 2.75) is 38.6 Å². The maximum Gasteiger partial charge on any atom is 0.193 e. The number of halogens is 1. The standard InChI is InChI=1S/C18H36N4O2.HI/c1-4-22-10-5-7-17(22)13-21(3)18(19-2)20-9-6-11-23-14-16-8-12-24-15-16;/h16-17H,4-15H2,1-3H3,(H,19,20);1H. The summed E-state index contributed by atoms with van der Waals surface area (Å²) >= 11 is 0. The van der Waals surface area contributed by atoms with Gasteiger partial charge in [0.15, 0.2) is 5.96 Å². The average Bonchev–Trinajstić information content (AvgIpc) is 3.25. The Bertz CT molecular complexity index is 378. The van der Waals surface area contributed by atoms with E-state index in [9.17, 15) is 0 Å². The third kappa shape index (κ3) is 7.97. The van der Waals surface area contributed by atoms with Crippen LogP contribution in [0.2, 0.25) is 0 Å². The molecule has 0 amide bonds. The Balaban J connectivity index is 0.00000312. The molecule has 2 unspecified atom stereocenters. The summed E-state index contributed by atoms with van der Waals surface area (Å²) in [4.78, 5) is 9.25. The number of nitrogens with one attached hydrogen (secondary N) is 1. The van der Waals surface area contributed by atoms with Crippen LogP contribution in [0.5, 0.6) is 0 Å². The topological polar surface area (TPSA) is 49.3 Å². The van der Waals surface area contributed by atoms with Crippen LogP contribution in [-0.2, 0) is 9.47 Å². The molecular weight excluding hydrogens is 431 g/mol. The zero-order valence-corrected chi connectivity index (χ0v) is 18.5.